The predicted octanol–water partition coefficient (Wildman–Crippen LogP) is 1.12. The maximum absolute atomic E-state index is 11.2. The monoisotopic (exact) mass is 218 g/mol. The number of carboxylic acid groups (broad SMARTS) is 1. The standard InChI is InChI=1S/C10H18O5/c1-8(2)5-10(8,7(12)13)6(11)9(3,4)15-14/h6,11,14H,5H2,1-4H3,(H,12,13). The van der Waals surface area contributed by atoms with Crippen molar-refractivity contribution in [2.24, 2.45) is 10.8 Å². The Morgan fingerprint density at radius 3 is 2.07 bits per heavy atom. The highest BCUT2D eigenvalue weighted by Gasteiger charge is 2.73. The van der Waals surface area contributed by atoms with Crippen LogP contribution >= 0.6 is 0 Å². The topological polar surface area (TPSA) is 87.0 Å². The summed E-state index contributed by atoms with van der Waals surface area (Å²) >= 11 is 0. The van der Waals surface area contributed by atoms with E-state index in [2.05, 4.69) is 4.89 Å². The smallest absolute Gasteiger partial charge is 0.312 e. The molecule has 0 bridgehead atoms. The molecule has 2 unspecified atom stereocenters. The van der Waals surface area contributed by atoms with E-state index in [1.807, 2.05) is 0 Å². The third kappa shape index (κ3) is 1.55. The first-order chi connectivity index (χ1) is 6.62. The lowest BCUT2D eigenvalue weighted by Gasteiger charge is -2.33. The zero-order valence-electron chi connectivity index (χ0n) is 9.44. The van der Waals surface area contributed by atoms with Gasteiger partial charge in [0.2, 0.25) is 0 Å². The van der Waals surface area contributed by atoms with Crippen LogP contribution < -0.4 is 0 Å². The molecule has 1 fully saturated rings. The van der Waals surface area contributed by atoms with Gasteiger partial charge in [0.25, 0.3) is 0 Å². The summed E-state index contributed by atoms with van der Waals surface area (Å²) in [6.07, 6.45) is -0.869. The molecule has 5 nitrogen and oxygen atoms in total. The Kier molecular flexibility index (Phi) is 2.62. The molecule has 0 aromatic rings. The van der Waals surface area contributed by atoms with Gasteiger partial charge in [-0.3, -0.25) is 10.1 Å². The average Bonchev–Trinajstić information content (AvgIpc) is 2.69. The molecule has 3 N–H and O–H groups in total. The van der Waals surface area contributed by atoms with Crippen LogP contribution in [0.25, 0.3) is 0 Å². The normalized spacial score (nSPS) is 31.1. The third-order valence-corrected chi connectivity index (χ3v) is 3.55. The summed E-state index contributed by atoms with van der Waals surface area (Å²) in [5, 5.41) is 27.8. The van der Waals surface area contributed by atoms with Crippen LogP contribution in [0.1, 0.15) is 34.1 Å². The first-order valence-corrected chi connectivity index (χ1v) is 4.86. The molecule has 0 aromatic carbocycles. The zero-order chi connectivity index (χ0) is 12.1. The van der Waals surface area contributed by atoms with Gasteiger partial charge in [0.15, 0.2) is 0 Å². The molecular formula is C10H18O5. The van der Waals surface area contributed by atoms with E-state index in [-0.39, 0.29) is 0 Å². The minimum atomic E-state index is -1.29. The summed E-state index contributed by atoms with van der Waals surface area (Å²) in [6, 6.07) is 0. The number of aliphatic carboxylic acids is 1. The Balaban J connectivity index is 3.01. The number of aliphatic hydroxyl groups excluding tert-OH is 1. The van der Waals surface area contributed by atoms with Crippen molar-refractivity contribution < 1.29 is 25.2 Å². The molecule has 1 saturated carbocycles. The van der Waals surface area contributed by atoms with E-state index < -0.39 is 28.5 Å². The Morgan fingerprint density at radius 1 is 1.47 bits per heavy atom. The van der Waals surface area contributed by atoms with Gasteiger partial charge in [0.05, 0.1) is 0 Å². The number of hydrogen-bond acceptors (Lipinski definition) is 4. The molecule has 0 aromatic heterocycles. The van der Waals surface area contributed by atoms with Gasteiger partial charge in [0.1, 0.15) is 17.1 Å². The number of rotatable bonds is 4. The highest BCUT2D eigenvalue weighted by atomic mass is 17.1. The molecule has 0 amide bonds. The van der Waals surface area contributed by atoms with Crippen LogP contribution in [0.5, 0.6) is 0 Å². The summed E-state index contributed by atoms with van der Waals surface area (Å²) in [5.41, 5.74) is -2.99. The summed E-state index contributed by atoms with van der Waals surface area (Å²) in [6.45, 7) is 6.46. The minimum absolute atomic E-state index is 0.378. The molecule has 0 aliphatic heterocycles. The fourth-order valence-electron chi connectivity index (χ4n) is 2.25. The van der Waals surface area contributed by atoms with E-state index in [0.717, 1.165) is 0 Å². The first kappa shape index (κ1) is 12.4. The fourth-order valence-corrected chi connectivity index (χ4v) is 2.25. The summed E-state index contributed by atoms with van der Waals surface area (Å²) in [5.74, 6) is -1.05. The molecular weight excluding hydrogens is 200 g/mol. The van der Waals surface area contributed by atoms with Crippen LogP contribution in [0.3, 0.4) is 0 Å². The van der Waals surface area contributed by atoms with E-state index in [9.17, 15) is 15.0 Å². The third-order valence-electron chi connectivity index (χ3n) is 3.55. The SMILES string of the molecule is CC(C)(OO)C(O)C1(C(=O)O)CC1(C)C. The number of carbonyl (C=O) groups is 1. The number of aliphatic hydroxyl groups is 1. The van der Waals surface area contributed by atoms with E-state index in [4.69, 9.17) is 5.26 Å². The molecule has 1 aliphatic carbocycles. The molecule has 15 heavy (non-hydrogen) atoms. The highest BCUT2D eigenvalue weighted by Crippen LogP contribution is 2.67. The minimum Gasteiger partial charge on any atom is -0.481 e. The van der Waals surface area contributed by atoms with Gasteiger partial charge in [-0.05, 0) is 25.7 Å². The van der Waals surface area contributed by atoms with Crippen molar-refractivity contribution in [1.29, 1.82) is 0 Å². The van der Waals surface area contributed by atoms with E-state index in [1.165, 1.54) is 13.8 Å². The highest BCUT2D eigenvalue weighted by molar-refractivity contribution is 5.81. The molecule has 5 heteroatoms. The average molecular weight is 218 g/mol. The van der Waals surface area contributed by atoms with Gasteiger partial charge >= 0.3 is 5.97 Å². The van der Waals surface area contributed by atoms with Crippen LogP contribution in [-0.4, -0.2) is 33.1 Å². The molecule has 0 heterocycles. The predicted molar refractivity (Wildman–Crippen MR) is 52.3 cm³/mol. The van der Waals surface area contributed by atoms with Gasteiger partial charge < -0.3 is 10.2 Å². The van der Waals surface area contributed by atoms with Crippen LogP contribution in [0, 0.1) is 10.8 Å². The van der Waals surface area contributed by atoms with Crippen LogP contribution in [0.2, 0.25) is 0 Å². The van der Waals surface area contributed by atoms with Gasteiger partial charge in [0, 0.05) is 0 Å². The van der Waals surface area contributed by atoms with Gasteiger partial charge in [-0.25, -0.2) is 4.89 Å². The zero-order valence-corrected chi connectivity index (χ0v) is 9.44. The van der Waals surface area contributed by atoms with Crippen molar-refractivity contribution >= 4 is 5.97 Å². The largest absolute Gasteiger partial charge is 0.481 e. The molecule has 0 saturated heterocycles. The van der Waals surface area contributed by atoms with Crippen LogP contribution in [0.4, 0.5) is 0 Å². The fraction of sp³-hybridized carbons (Fsp3) is 0.900. The second kappa shape index (κ2) is 3.17. The Labute approximate surface area is 88.6 Å². The van der Waals surface area contributed by atoms with Gasteiger partial charge in [-0.15, -0.1) is 0 Å². The molecule has 1 aliphatic rings. The maximum atomic E-state index is 11.2. The number of carboxylic acids is 1. The van der Waals surface area contributed by atoms with Crippen molar-refractivity contribution in [3.05, 3.63) is 0 Å². The molecule has 2 atom stereocenters. The van der Waals surface area contributed by atoms with Crippen molar-refractivity contribution in [2.45, 2.75) is 45.8 Å². The van der Waals surface area contributed by atoms with Crippen molar-refractivity contribution in [3.8, 4) is 0 Å². The summed E-state index contributed by atoms with van der Waals surface area (Å²) in [7, 11) is 0. The summed E-state index contributed by atoms with van der Waals surface area (Å²) < 4.78 is 0. The van der Waals surface area contributed by atoms with Crippen LogP contribution in [-0.2, 0) is 9.68 Å². The quantitative estimate of drug-likeness (QED) is 0.486. The molecule has 88 valence electrons. The lowest BCUT2D eigenvalue weighted by Crippen LogP contribution is -2.49. The maximum Gasteiger partial charge on any atom is 0.312 e. The molecule has 1 rings (SSSR count). The van der Waals surface area contributed by atoms with Gasteiger partial charge in [-0.1, -0.05) is 13.8 Å². The second-order valence-electron chi connectivity index (χ2n) is 5.43. The lowest BCUT2D eigenvalue weighted by atomic mass is 9.81. The van der Waals surface area contributed by atoms with Crippen molar-refractivity contribution in [3.63, 3.8) is 0 Å². The Morgan fingerprint density at radius 2 is 1.87 bits per heavy atom. The van der Waals surface area contributed by atoms with Crippen LogP contribution in [0.15, 0.2) is 0 Å². The van der Waals surface area contributed by atoms with Crippen molar-refractivity contribution in [2.75, 3.05) is 0 Å². The van der Waals surface area contributed by atoms with Gasteiger partial charge in [-0.2, -0.15) is 0 Å². The second-order valence-corrected chi connectivity index (χ2v) is 5.43. The van der Waals surface area contributed by atoms with E-state index in [1.54, 1.807) is 13.8 Å². The lowest BCUT2D eigenvalue weighted by molar-refractivity contribution is -0.339. The van der Waals surface area contributed by atoms with E-state index in [0.29, 0.717) is 6.42 Å². The van der Waals surface area contributed by atoms with Crippen molar-refractivity contribution in [1.82, 2.24) is 0 Å². The molecule has 0 radical (unpaired) electrons. The summed E-state index contributed by atoms with van der Waals surface area (Å²) in [4.78, 5) is 15.4. The Hall–Kier alpha value is -0.650. The first-order valence-electron chi connectivity index (χ1n) is 4.86. The Bertz CT molecular complexity index is 284. The molecule has 0 spiro atoms. The number of hydrogen-bond donors (Lipinski definition) is 3. The van der Waals surface area contributed by atoms with E-state index >= 15 is 0 Å².